The van der Waals surface area contributed by atoms with Crippen molar-refractivity contribution in [3.8, 4) is 11.4 Å². The van der Waals surface area contributed by atoms with Crippen molar-refractivity contribution in [3.05, 3.63) is 35.7 Å². The zero-order chi connectivity index (χ0) is 18.5. The summed E-state index contributed by atoms with van der Waals surface area (Å²) in [5.74, 6) is 1.29. The highest BCUT2D eigenvalue weighted by Gasteiger charge is 2.18. The molecule has 1 aromatic heterocycles. The molecular formula is C19H27N5O2. The topological polar surface area (TPSA) is 81.1 Å². The van der Waals surface area contributed by atoms with Crippen LogP contribution in [0.25, 0.3) is 5.69 Å². The van der Waals surface area contributed by atoms with Gasteiger partial charge < -0.3 is 15.4 Å². The molecule has 2 N–H and O–H groups in total. The van der Waals surface area contributed by atoms with Crippen LogP contribution in [0.4, 0.5) is 0 Å². The fourth-order valence-corrected chi connectivity index (χ4v) is 3.16. The first-order valence-corrected chi connectivity index (χ1v) is 9.23. The Hall–Kier alpha value is -2.41. The Morgan fingerprint density at radius 2 is 2.15 bits per heavy atom. The normalized spacial score (nSPS) is 16.8. The molecule has 1 aliphatic rings. The smallest absolute Gasteiger partial charge is 0.273 e. The van der Waals surface area contributed by atoms with E-state index in [1.165, 1.54) is 6.42 Å². The molecule has 0 aliphatic carbocycles. The van der Waals surface area contributed by atoms with E-state index in [0.29, 0.717) is 18.2 Å². The van der Waals surface area contributed by atoms with Gasteiger partial charge >= 0.3 is 0 Å². The number of rotatable bonds is 7. The Labute approximate surface area is 154 Å². The Kier molecular flexibility index (Phi) is 5.88. The highest BCUT2D eigenvalue weighted by atomic mass is 16.5. The third-order valence-corrected chi connectivity index (χ3v) is 4.56. The van der Waals surface area contributed by atoms with Crippen molar-refractivity contribution in [1.29, 1.82) is 0 Å². The van der Waals surface area contributed by atoms with Crippen molar-refractivity contribution in [3.63, 3.8) is 0 Å². The largest absolute Gasteiger partial charge is 0.491 e. The quantitative estimate of drug-likeness (QED) is 0.793. The number of amides is 1. The summed E-state index contributed by atoms with van der Waals surface area (Å²) in [5, 5.41) is 14.5. The molecule has 0 saturated carbocycles. The molecule has 0 bridgehead atoms. The number of hydrogen-bond acceptors (Lipinski definition) is 5. The summed E-state index contributed by atoms with van der Waals surface area (Å²) in [6, 6.07) is 7.61. The van der Waals surface area contributed by atoms with Crippen LogP contribution in [0.1, 0.15) is 42.9 Å². The predicted molar refractivity (Wildman–Crippen MR) is 99.8 cm³/mol. The molecule has 140 valence electrons. The van der Waals surface area contributed by atoms with Gasteiger partial charge in [0.2, 0.25) is 0 Å². The van der Waals surface area contributed by atoms with Crippen molar-refractivity contribution in [1.82, 2.24) is 25.6 Å². The molecule has 1 saturated heterocycles. The van der Waals surface area contributed by atoms with Gasteiger partial charge in [-0.15, -0.1) is 5.10 Å². The summed E-state index contributed by atoms with van der Waals surface area (Å²) in [4.78, 5) is 12.4. The second-order valence-corrected chi connectivity index (χ2v) is 7.00. The van der Waals surface area contributed by atoms with Gasteiger partial charge in [0.05, 0.1) is 17.5 Å². The van der Waals surface area contributed by atoms with E-state index in [0.717, 1.165) is 36.6 Å². The second-order valence-electron chi connectivity index (χ2n) is 7.00. The minimum Gasteiger partial charge on any atom is -0.491 e. The van der Waals surface area contributed by atoms with Crippen molar-refractivity contribution in [2.45, 2.75) is 39.7 Å². The molecule has 2 aromatic rings. The molecule has 1 atom stereocenters. The molecule has 7 nitrogen and oxygen atoms in total. The van der Waals surface area contributed by atoms with Gasteiger partial charge in [-0.3, -0.25) is 4.79 Å². The maximum atomic E-state index is 12.4. The van der Waals surface area contributed by atoms with Crippen LogP contribution in [0, 0.1) is 12.8 Å². The van der Waals surface area contributed by atoms with E-state index in [1.807, 2.05) is 45.0 Å². The van der Waals surface area contributed by atoms with Gasteiger partial charge in [-0.05, 0) is 76.9 Å². The second kappa shape index (κ2) is 8.31. The lowest BCUT2D eigenvalue weighted by atomic mass is 10.1. The van der Waals surface area contributed by atoms with Crippen molar-refractivity contribution in [2.24, 2.45) is 5.92 Å². The lowest BCUT2D eigenvalue weighted by Gasteiger charge is -2.10. The third kappa shape index (κ3) is 4.40. The van der Waals surface area contributed by atoms with Crippen molar-refractivity contribution < 1.29 is 9.53 Å². The van der Waals surface area contributed by atoms with E-state index >= 15 is 0 Å². The van der Waals surface area contributed by atoms with Crippen molar-refractivity contribution in [2.75, 3.05) is 19.6 Å². The summed E-state index contributed by atoms with van der Waals surface area (Å²) in [7, 11) is 0. The standard InChI is InChI=1S/C19H27N5O2/c1-13(2)26-17-6-4-16(5-7-17)24-14(3)18(22-23-24)19(25)21-11-9-15-8-10-20-12-15/h4-7,13,15,20H,8-12H2,1-3H3,(H,21,25). The summed E-state index contributed by atoms with van der Waals surface area (Å²) in [6.07, 6.45) is 2.30. The average molecular weight is 357 g/mol. The van der Waals surface area contributed by atoms with Crippen LogP contribution < -0.4 is 15.4 Å². The summed E-state index contributed by atoms with van der Waals surface area (Å²) in [6.45, 7) is 8.62. The number of carbonyl (C=O) groups excluding carboxylic acids is 1. The number of ether oxygens (including phenoxy) is 1. The van der Waals surface area contributed by atoms with Gasteiger partial charge in [-0.1, -0.05) is 5.21 Å². The number of nitrogens with one attached hydrogen (secondary N) is 2. The van der Waals surface area contributed by atoms with Crippen LogP contribution in [0.2, 0.25) is 0 Å². The minimum absolute atomic E-state index is 0.129. The van der Waals surface area contributed by atoms with Gasteiger partial charge in [0, 0.05) is 6.54 Å². The van der Waals surface area contributed by atoms with Gasteiger partial charge in [-0.25, -0.2) is 4.68 Å². The van der Waals surface area contributed by atoms with E-state index in [1.54, 1.807) is 4.68 Å². The fraction of sp³-hybridized carbons (Fsp3) is 0.526. The molecule has 0 radical (unpaired) electrons. The molecule has 1 aromatic carbocycles. The number of aromatic nitrogens is 3. The molecular weight excluding hydrogens is 330 g/mol. The van der Waals surface area contributed by atoms with Gasteiger partial charge in [0.1, 0.15) is 5.75 Å². The highest BCUT2D eigenvalue weighted by Crippen LogP contribution is 2.18. The Morgan fingerprint density at radius 3 is 2.81 bits per heavy atom. The van der Waals surface area contributed by atoms with E-state index in [2.05, 4.69) is 20.9 Å². The molecule has 3 rings (SSSR count). The molecule has 26 heavy (non-hydrogen) atoms. The van der Waals surface area contributed by atoms with E-state index in [4.69, 9.17) is 4.74 Å². The number of carbonyl (C=O) groups is 1. The molecule has 0 spiro atoms. The SMILES string of the molecule is Cc1c(C(=O)NCCC2CCNC2)nnn1-c1ccc(OC(C)C)cc1. The summed E-state index contributed by atoms with van der Waals surface area (Å²) >= 11 is 0. The number of benzene rings is 1. The first-order valence-electron chi connectivity index (χ1n) is 9.23. The molecule has 1 unspecified atom stereocenters. The predicted octanol–water partition coefficient (Wildman–Crippen LogP) is 2.09. The Morgan fingerprint density at radius 1 is 1.38 bits per heavy atom. The lowest BCUT2D eigenvalue weighted by molar-refractivity contribution is 0.0946. The van der Waals surface area contributed by atoms with Crippen LogP contribution in [0.3, 0.4) is 0 Å². The lowest BCUT2D eigenvalue weighted by Crippen LogP contribution is -2.27. The molecule has 2 heterocycles. The number of hydrogen-bond donors (Lipinski definition) is 2. The summed E-state index contributed by atoms with van der Waals surface area (Å²) in [5.41, 5.74) is 1.95. The maximum absolute atomic E-state index is 12.4. The van der Waals surface area contributed by atoms with Crippen molar-refractivity contribution >= 4 is 5.91 Å². The van der Waals surface area contributed by atoms with Crippen LogP contribution in [-0.2, 0) is 0 Å². The maximum Gasteiger partial charge on any atom is 0.273 e. The Bertz CT molecular complexity index is 733. The zero-order valence-electron chi connectivity index (χ0n) is 15.7. The van der Waals surface area contributed by atoms with Crippen LogP contribution in [-0.4, -0.2) is 46.6 Å². The first-order chi connectivity index (χ1) is 12.5. The molecule has 1 fully saturated rings. The summed E-state index contributed by atoms with van der Waals surface area (Å²) < 4.78 is 7.33. The average Bonchev–Trinajstić information content (AvgIpc) is 3.25. The van der Waals surface area contributed by atoms with Gasteiger partial charge in [-0.2, -0.15) is 0 Å². The number of nitrogens with zero attached hydrogens (tertiary/aromatic N) is 3. The molecule has 7 heteroatoms. The van der Waals surface area contributed by atoms with E-state index < -0.39 is 0 Å². The van der Waals surface area contributed by atoms with Crippen LogP contribution in [0.15, 0.2) is 24.3 Å². The third-order valence-electron chi connectivity index (χ3n) is 4.56. The first kappa shape index (κ1) is 18.4. The highest BCUT2D eigenvalue weighted by molar-refractivity contribution is 5.93. The zero-order valence-corrected chi connectivity index (χ0v) is 15.7. The van der Waals surface area contributed by atoms with E-state index in [-0.39, 0.29) is 12.0 Å². The molecule has 1 amide bonds. The van der Waals surface area contributed by atoms with Crippen LogP contribution in [0.5, 0.6) is 5.75 Å². The minimum atomic E-state index is -0.167. The fourth-order valence-electron chi connectivity index (χ4n) is 3.16. The molecule has 1 aliphatic heterocycles. The van der Waals surface area contributed by atoms with E-state index in [9.17, 15) is 4.79 Å². The van der Waals surface area contributed by atoms with Gasteiger partial charge in [0.25, 0.3) is 5.91 Å². The monoisotopic (exact) mass is 357 g/mol. The Balaban J connectivity index is 1.62. The van der Waals surface area contributed by atoms with Crippen LogP contribution >= 0.6 is 0 Å². The van der Waals surface area contributed by atoms with Gasteiger partial charge in [0.15, 0.2) is 5.69 Å².